The van der Waals surface area contributed by atoms with Crippen LogP contribution in [0.25, 0.3) is 0 Å². The summed E-state index contributed by atoms with van der Waals surface area (Å²) in [6.45, 7) is 7.94. The minimum absolute atomic E-state index is 0.0276. The van der Waals surface area contributed by atoms with Crippen molar-refractivity contribution in [2.24, 2.45) is 0 Å². The Balaban J connectivity index is 2.19. The first-order chi connectivity index (χ1) is 7.07. The molecule has 0 bridgehead atoms. The number of ether oxygens (including phenoxy) is 1. The van der Waals surface area contributed by atoms with Crippen LogP contribution in [0.4, 0.5) is 0 Å². The first-order valence-corrected chi connectivity index (χ1v) is 6.02. The van der Waals surface area contributed by atoms with Gasteiger partial charge in [-0.3, -0.25) is 0 Å². The summed E-state index contributed by atoms with van der Waals surface area (Å²) in [5.74, 6) is 0. The van der Waals surface area contributed by atoms with Gasteiger partial charge in [0, 0.05) is 19.7 Å². The fourth-order valence-corrected chi connectivity index (χ4v) is 1.97. The Labute approximate surface area is 94.2 Å². The third-order valence-corrected chi connectivity index (χ3v) is 3.58. The molecular weight excluding hydrogens is 188 g/mol. The average Bonchev–Trinajstić information content (AvgIpc) is 2.27. The molecule has 1 fully saturated rings. The summed E-state index contributed by atoms with van der Waals surface area (Å²) in [7, 11) is 3.86. The fourth-order valence-electron chi connectivity index (χ4n) is 1.97. The van der Waals surface area contributed by atoms with Crippen molar-refractivity contribution < 1.29 is 4.74 Å². The van der Waals surface area contributed by atoms with Crippen molar-refractivity contribution >= 4 is 0 Å². The molecule has 1 saturated heterocycles. The Morgan fingerprint density at radius 2 is 1.93 bits per heavy atom. The fraction of sp³-hybridized carbons (Fsp3) is 1.00. The van der Waals surface area contributed by atoms with Crippen molar-refractivity contribution in [1.82, 2.24) is 10.2 Å². The smallest absolute Gasteiger partial charge is 0.0634 e. The summed E-state index contributed by atoms with van der Waals surface area (Å²) in [4.78, 5) is 2.55. The van der Waals surface area contributed by atoms with E-state index in [4.69, 9.17) is 4.74 Å². The van der Waals surface area contributed by atoms with E-state index in [0.717, 1.165) is 19.0 Å². The van der Waals surface area contributed by atoms with Gasteiger partial charge in [0.2, 0.25) is 0 Å². The van der Waals surface area contributed by atoms with Crippen molar-refractivity contribution in [2.45, 2.75) is 44.8 Å². The molecule has 1 heterocycles. The van der Waals surface area contributed by atoms with Crippen LogP contribution >= 0.6 is 0 Å². The van der Waals surface area contributed by atoms with Gasteiger partial charge in [-0.1, -0.05) is 0 Å². The summed E-state index contributed by atoms with van der Waals surface area (Å²) in [5, 5.41) is 3.36. The maximum absolute atomic E-state index is 5.43. The number of rotatable bonds is 5. The average molecular weight is 214 g/mol. The molecule has 0 amide bonds. The van der Waals surface area contributed by atoms with Crippen LogP contribution in [0, 0.1) is 0 Å². The monoisotopic (exact) mass is 214 g/mol. The Kier molecular flexibility index (Phi) is 5.03. The number of likely N-dealkylation sites (tertiary alicyclic amines) is 1. The highest BCUT2D eigenvalue weighted by molar-refractivity contribution is 4.78. The molecule has 0 aromatic rings. The van der Waals surface area contributed by atoms with E-state index in [9.17, 15) is 0 Å². The highest BCUT2D eigenvalue weighted by Gasteiger charge is 2.21. The van der Waals surface area contributed by atoms with Crippen LogP contribution in [0.15, 0.2) is 0 Å². The molecule has 15 heavy (non-hydrogen) atoms. The van der Waals surface area contributed by atoms with E-state index in [1.807, 2.05) is 0 Å². The van der Waals surface area contributed by atoms with Crippen molar-refractivity contribution in [3.63, 3.8) is 0 Å². The third kappa shape index (κ3) is 4.49. The van der Waals surface area contributed by atoms with Gasteiger partial charge < -0.3 is 15.0 Å². The minimum atomic E-state index is 0.0276. The van der Waals surface area contributed by atoms with E-state index in [0.29, 0.717) is 0 Å². The van der Waals surface area contributed by atoms with Gasteiger partial charge in [0.05, 0.1) is 5.60 Å². The van der Waals surface area contributed by atoms with Crippen molar-refractivity contribution in [3.05, 3.63) is 0 Å². The summed E-state index contributed by atoms with van der Waals surface area (Å²) < 4.78 is 5.43. The lowest BCUT2D eigenvalue weighted by molar-refractivity contribution is 0.00553. The predicted octanol–water partition coefficient (Wildman–Crippen LogP) is 1.49. The molecule has 1 N–H and O–H groups in total. The zero-order chi connectivity index (χ0) is 11.3. The van der Waals surface area contributed by atoms with Crippen LogP contribution in [-0.2, 0) is 4.74 Å². The topological polar surface area (TPSA) is 24.5 Å². The second kappa shape index (κ2) is 5.83. The molecule has 0 aliphatic carbocycles. The molecule has 0 aromatic heterocycles. The Bertz CT molecular complexity index is 174. The molecule has 1 aliphatic rings. The lowest BCUT2D eigenvalue weighted by Crippen LogP contribution is -2.42. The van der Waals surface area contributed by atoms with Crippen molar-refractivity contribution in [3.8, 4) is 0 Å². The predicted molar refractivity (Wildman–Crippen MR) is 64.2 cm³/mol. The standard InChI is InChI=1S/C12H26N2O/c1-12(2,15-4)7-10-14-8-5-11(13-3)6-9-14/h11,13H,5-10H2,1-4H3. The summed E-state index contributed by atoms with van der Waals surface area (Å²) in [6, 6.07) is 0.733. The molecule has 0 spiro atoms. The molecule has 0 atom stereocenters. The van der Waals surface area contributed by atoms with E-state index in [2.05, 4.69) is 31.1 Å². The molecule has 3 heteroatoms. The van der Waals surface area contributed by atoms with Gasteiger partial charge in [0.15, 0.2) is 0 Å². The van der Waals surface area contributed by atoms with E-state index in [1.165, 1.54) is 25.9 Å². The SMILES string of the molecule is CNC1CCN(CCC(C)(C)OC)CC1. The number of piperidine rings is 1. The van der Waals surface area contributed by atoms with Gasteiger partial charge in [-0.15, -0.1) is 0 Å². The third-order valence-electron chi connectivity index (χ3n) is 3.58. The van der Waals surface area contributed by atoms with Crippen LogP contribution in [0.1, 0.15) is 33.1 Å². The maximum atomic E-state index is 5.43. The largest absolute Gasteiger partial charge is 0.379 e. The van der Waals surface area contributed by atoms with E-state index in [1.54, 1.807) is 7.11 Å². The van der Waals surface area contributed by atoms with Crippen LogP contribution < -0.4 is 5.32 Å². The molecule has 1 rings (SSSR count). The molecule has 3 nitrogen and oxygen atoms in total. The van der Waals surface area contributed by atoms with Gasteiger partial charge in [0.1, 0.15) is 0 Å². The summed E-state index contributed by atoms with van der Waals surface area (Å²) in [5.41, 5.74) is 0.0276. The number of hydrogen-bond donors (Lipinski definition) is 1. The highest BCUT2D eigenvalue weighted by Crippen LogP contribution is 2.16. The van der Waals surface area contributed by atoms with E-state index < -0.39 is 0 Å². The zero-order valence-electron chi connectivity index (χ0n) is 10.7. The molecule has 90 valence electrons. The molecule has 1 aliphatic heterocycles. The lowest BCUT2D eigenvalue weighted by Gasteiger charge is -2.34. The molecule has 0 radical (unpaired) electrons. The first-order valence-electron chi connectivity index (χ1n) is 6.02. The van der Waals surface area contributed by atoms with Gasteiger partial charge in [-0.2, -0.15) is 0 Å². The summed E-state index contributed by atoms with van der Waals surface area (Å²) in [6.07, 6.45) is 3.68. The number of nitrogens with zero attached hydrogens (tertiary/aromatic N) is 1. The molecule has 0 saturated carbocycles. The van der Waals surface area contributed by atoms with E-state index in [-0.39, 0.29) is 5.60 Å². The van der Waals surface area contributed by atoms with Crippen molar-refractivity contribution in [2.75, 3.05) is 33.8 Å². The Hall–Kier alpha value is -0.120. The Morgan fingerprint density at radius 1 is 1.33 bits per heavy atom. The molecular formula is C12H26N2O. The molecule has 0 unspecified atom stereocenters. The lowest BCUT2D eigenvalue weighted by atomic mass is 10.0. The first kappa shape index (κ1) is 12.9. The van der Waals surface area contributed by atoms with E-state index >= 15 is 0 Å². The van der Waals surface area contributed by atoms with Crippen LogP contribution in [0.2, 0.25) is 0 Å². The molecule has 0 aromatic carbocycles. The second-order valence-electron chi connectivity index (χ2n) is 5.12. The van der Waals surface area contributed by atoms with Gasteiger partial charge >= 0.3 is 0 Å². The van der Waals surface area contributed by atoms with Gasteiger partial charge in [-0.25, -0.2) is 0 Å². The number of methoxy groups -OCH3 is 1. The minimum Gasteiger partial charge on any atom is -0.379 e. The quantitative estimate of drug-likeness (QED) is 0.750. The normalized spacial score (nSPS) is 20.8. The van der Waals surface area contributed by atoms with Gasteiger partial charge in [0.25, 0.3) is 0 Å². The summed E-state index contributed by atoms with van der Waals surface area (Å²) >= 11 is 0. The van der Waals surface area contributed by atoms with Gasteiger partial charge in [-0.05, 0) is 53.2 Å². The number of hydrogen-bond acceptors (Lipinski definition) is 3. The van der Waals surface area contributed by atoms with Crippen LogP contribution in [0.5, 0.6) is 0 Å². The number of nitrogens with one attached hydrogen (secondary N) is 1. The zero-order valence-corrected chi connectivity index (χ0v) is 10.7. The second-order valence-corrected chi connectivity index (χ2v) is 5.12. The highest BCUT2D eigenvalue weighted by atomic mass is 16.5. The van der Waals surface area contributed by atoms with Crippen LogP contribution in [-0.4, -0.2) is 50.3 Å². The maximum Gasteiger partial charge on any atom is 0.0634 e. The van der Waals surface area contributed by atoms with Crippen LogP contribution in [0.3, 0.4) is 0 Å². The Morgan fingerprint density at radius 3 is 2.40 bits per heavy atom. The van der Waals surface area contributed by atoms with Crippen molar-refractivity contribution in [1.29, 1.82) is 0 Å².